The molecule has 94 valence electrons. The van der Waals surface area contributed by atoms with Gasteiger partial charge >= 0.3 is 0 Å². The highest BCUT2D eigenvalue weighted by molar-refractivity contribution is 5.14. The minimum absolute atomic E-state index is 0.0662. The van der Waals surface area contributed by atoms with Crippen LogP contribution in [-0.2, 0) is 6.54 Å². The Morgan fingerprint density at radius 3 is 2.59 bits per heavy atom. The SMILES string of the molecule is OC1CCN(CCNCc2ccccc2)CC1. The van der Waals surface area contributed by atoms with Gasteiger partial charge in [0.2, 0.25) is 0 Å². The van der Waals surface area contributed by atoms with Crippen molar-refractivity contribution in [2.24, 2.45) is 0 Å². The third-order valence-electron chi connectivity index (χ3n) is 3.33. The van der Waals surface area contributed by atoms with Crippen molar-refractivity contribution in [2.45, 2.75) is 25.5 Å². The van der Waals surface area contributed by atoms with E-state index >= 15 is 0 Å². The zero-order chi connectivity index (χ0) is 11.9. The van der Waals surface area contributed by atoms with E-state index in [1.807, 2.05) is 6.07 Å². The summed E-state index contributed by atoms with van der Waals surface area (Å²) < 4.78 is 0. The lowest BCUT2D eigenvalue weighted by molar-refractivity contribution is 0.0830. The summed E-state index contributed by atoms with van der Waals surface area (Å²) >= 11 is 0. The Balaban J connectivity index is 1.57. The van der Waals surface area contributed by atoms with Crippen molar-refractivity contribution in [2.75, 3.05) is 26.2 Å². The summed E-state index contributed by atoms with van der Waals surface area (Å²) in [6.07, 6.45) is 1.79. The first-order valence-corrected chi connectivity index (χ1v) is 6.49. The lowest BCUT2D eigenvalue weighted by Gasteiger charge is -2.29. The Labute approximate surface area is 103 Å². The molecule has 1 aromatic carbocycles. The molecule has 1 aliphatic heterocycles. The third kappa shape index (κ3) is 4.46. The second kappa shape index (κ2) is 6.74. The monoisotopic (exact) mass is 234 g/mol. The highest BCUT2D eigenvalue weighted by Crippen LogP contribution is 2.08. The second-order valence-corrected chi connectivity index (χ2v) is 4.74. The van der Waals surface area contributed by atoms with E-state index in [4.69, 9.17) is 0 Å². The fraction of sp³-hybridized carbons (Fsp3) is 0.571. The molecule has 2 N–H and O–H groups in total. The van der Waals surface area contributed by atoms with Crippen LogP contribution >= 0.6 is 0 Å². The quantitative estimate of drug-likeness (QED) is 0.752. The number of likely N-dealkylation sites (tertiary alicyclic amines) is 1. The maximum atomic E-state index is 9.40. The molecule has 3 nitrogen and oxygen atoms in total. The summed E-state index contributed by atoms with van der Waals surface area (Å²) in [6, 6.07) is 10.5. The Hall–Kier alpha value is -0.900. The number of aliphatic hydroxyl groups is 1. The summed E-state index contributed by atoms with van der Waals surface area (Å²) in [6.45, 7) is 5.12. The van der Waals surface area contributed by atoms with E-state index < -0.39 is 0 Å². The molecule has 0 spiro atoms. The van der Waals surface area contributed by atoms with Gasteiger partial charge in [0.05, 0.1) is 6.10 Å². The lowest BCUT2D eigenvalue weighted by Crippen LogP contribution is -2.39. The molecule has 0 saturated carbocycles. The van der Waals surface area contributed by atoms with E-state index in [0.29, 0.717) is 0 Å². The smallest absolute Gasteiger partial charge is 0.0564 e. The second-order valence-electron chi connectivity index (χ2n) is 4.74. The van der Waals surface area contributed by atoms with Gasteiger partial charge in [0.1, 0.15) is 0 Å². The highest BCUT2D eigenvalue weighted by atomic mass is 16.3. The van der Waals surface area contributed by atoms with Gasteiger partial charge in [0.25, 0.3) is 0 Å². The largest absolute Gasteiger partial charge is 0.393 e. The van der Waals surface area contributed by atoms with Crippen LogP contribution in [0.25, 0.3) is 0 Å². The van der Waals surface area contributed by atoms with E-state index in [1.54, 1.807) is 0 Å². The first-order valence-electron chi connectivity index (χ1n) is 6.49. The van der Waals surface area contributed by atoms with E-state index in [-0.39, 0.29) is 6.10 Å². The van der Waals surface area contributed by atoms with Crippen molar-refractivity contribution in [3.63, 3.8) is 0 Å². The molecule has 17 heavy (non-hydrogen) atoms. The molecule has 1 saturated heterocycles. The highest BCUT2D eigenvalue weighted by Gasteiger charge is 2.15. The fourth-order valence-corrected chi connectivity index (χ4v) is 2.21. The topological polar surface area (TPSA) is 35.5 Å². The van der Waals surface area contributed by atoms with Crippen LogP contribution in [0.1, 0.15) is 18.4 Å². The molecule has 1 aliphatic rings. The molecule has 2 rings (SSSR count). The molecule has 3 heteroatoms. The van der Waals surface area contributed by atoms with Gasteiger partial charge in [-0.1, -0.05) is 30.3 Å². The average Bonchev–Trinajstić information content (AvgIpc) is 2.38. The summed E-state index contributed by atoms with van der Waals surface area (Å²) in [5.41, 5.74) is 1.33. The van der Waals surface area contributed by atoms with Crippen LogP contribution in [0.3, 0.4) is 0 Å². The predicted molar refractivity (Wildman–Crippen MR) is 69.8 cm³/mol. The van der Waals surface area contributed by atoms with Crippen molar-refractivity contribution >= 4 is 0 Å². The normalized spacial score (nSPS) is 18.4. The third-order valence-corrected chi connectivity index (χ3v) is 3.33. The lowest BCUT2D eigenvalue weighted by atomic mass is 10.1. The van der Waals surface area contributed by atoms with Gasteiger partial charge in [-0.3, -0.25) is 0 Å². The van der Waals surface area contributed by atoms with Crippen LogP contribution < -0.4 is 5.32 Å². The van der Waals surface area contributed by atoms with Gasteiger partial charge in [0.15, 0.2) is 0 Å². The molecular weight excluding hydrogens is 212 g/mol. The van der Waals surface area contributed by atoms with Gasteiger partial charge in [-0.05, 0) is 18.4 Å². The van der Waals surface area contributed by atoms with Crippen molar-refractivity contribution in [1.82, 2.24) is 10.2 Å². The Bertz CT molecular complexity index is 307. The maximum Gasteiger partial charge on any atom is 0.0564 e. The fourth-order valence-electron chi connectivity index (χ4n) is 2.21. The summed E-state index contributed by atoms with van der Waals surface area (Å²) in [5.74, 6) is 0. The van der Waals surface area contributed by atoms with Gasteiger partial charge < -0.3 is 15.3 Å². The molecular formula is C14H22N2O. The minimum atomic E-state index is -0.0662. The molecule has 0 aliphatic carbocycles. The standard InChI is InChI=1S/C14H22N2O/c17-14-6-9-16(10-7-14)11-8-15-12-13-4-2-1-3-5-13/h1-5,14-15,17H,6-12H2. The number of hydrogen-bond donors (Lipinski definition) is 2. The molecule has 0 aromatic heterocycles. The van der Waals surface area contributed by atoms with Gasteiger partial charge in [0, 0.05) is 32.7 Å². The predicted octanol–water partition coefficient (Wildman–Crippen LogP) is 1.23. The van der Waals surface area contributed by atoms with E-state index in [1.165, 1.54) is 5.56 Å². The summed E-state index contributed by atoms with van der Waals surface area (Å²) in [7, 11) is 0. The summed E-state index contributed by atoms with van der Waals surface area (Å²) in [5, 5.41) is 12.9. The van der Waals surface area contributed by atoms with Crippen molar-refractivity contribution < 1.29 is 5.11 Å². The number of nitrogens with zero attached hydrogens (tertiary/aromatic N) is 1. The molecule has 1 fully saturated rings. The van der Waals surface area contributed by atoms with Crippen LogP contribution in [0.4, 0.5) is 0 Å². The van der Waals surface area contributed by atoms with Gasteiger partial charge in [-0.15, -0.1) is 0 Å². The van der Waals surface area contributed by atoms with Gasteiger partial charge in [-0.25, -0.2) is 0 Å². The Morgan fingerprint density at radius 1 is 1.18 bits per heavy atom. The maximum absolute atomic E-state index is 9.40. The average molecular weight is 234 g/mol. The molecule has 0 amide bonds. The van der Waals surface area contributed by atoms with Crippen LogP contribution in [0.15, 0.2) is 30.3 Å². The van der Waals surface area contributed by atoms with Crippen LogP contribution in [-0.4, -0.2) is 42.3 Å². The number of nitrogens with one attached hydrogen (secondary N) is 1. The zero-order valence-electron chi connectivity index (χ0n) is 10.3. The number of rotatable bonds is 5. The number of benzene rings is 1. The molecule has 1 aromatic rings. The molecule has 0 atom stereocenters. The number of aliphatic hydroxyl groups excluding tert-OH is 1. The molecule has 1 heterocycles. The van der Waals surface area contributed by atoms with Crippen LogP contribution in [0.5, 0.6) is 0 Å². The number of piperidine rings is 1. The van der Waals surface area contributed by atoms with E-state index in [9.17, 15) is 5.11 Å². The molecule has 0 bridgehead atoms. The molecule has 0 unspecified atom stereocenters. The Morgan fingerprint density at radius 2 is 1.88 bits per heavy atom. The van der Waals surface area contributed by atoms with E-state index in [0.717, 1.165) is 45.6 Å². The first-order chi connectivity index (χ1) is 8.34. The Kier molecular flexibility index (Phi) is 4.98. The first kappa shape index (κ1) is 12.6. The van der Waals surface area contributed by atoms with Crippen molar-refractivity contribution in [1.29, 1.82) is 0 Å². The van der Waals surface area contributed by atoms with E-state index in [2.05, 4.69) is 34.5 Å². The zero-order valence-corrected chi connectivity index (χ0v) is 10.3. The van der Waals surface area contributed by atoms with Crippen molar-refractivity contribution in [3.05, 3.63) is 35.9 Å². The summed E-state index contributed by atoms with van der Waals surface area (Å²) in [4.78, 5) is 2.42. The molecule has 0 radical (unpaired) electrons. The number of hydrogen-bond acceptors (Lipinski definition) is 3. The van der Waals surface area contributed by atoms with Crippen molar-refractivity contribution in [3.8, 4) is 0 Å². The van der Waals surface area contributed by atoms with Crippen LogP contribution in [0.2, 0.25) is 0 Å². The van der Waals surface area contributed by atoms with Gasteiger partial charge in [-0.2, -0.15) is 0 Å². The minimum Gasteiger partial charge on any atom is -0.393 e. The van der Waals surface area contributed by atoms with Crippen LogP contribution in [0, 0.1) is 0 Å².